The maximum Gasteiger partial charge on any atom is 0.573 e. The van der Waals surface area contributed by atoms with Crippen LogP contribution in [-0.2, 0) is 19.1 Å². The standard InChI is InChI=1S/C25H23F3O6/c1-16-4-3-5-17(14-16)6-10-20(29)19(9-13-24(32)33-2)21(30)11-7-18-8-12-22(31)23(15-18)34-25(26,27)28/h3-8,10-12,14-15,19,31H,9,13H2,1-2H3/b10-6+,11-7+. The van der Waals surface area contributed by atoms with E-state index < -0.39 is 41.3 Å². The zero-order chi connectivity index (χ0) is 25.3. The predicted molar refractivity (Wildman–Crippen MR) is 119 cm³/mol. The van der Waals surface area contributed by atoms with Gasteiger partial charge < -0.3 is 14.6 Å². The Hall–Kier alpha value is -3.88. The molecule has 0 aliphatic heterocycles. The van der Waals surface area contributed by atoms with Crippen molar-refractivity contribution in [3.8, 4) is 11.5 Å². The lowest BCUT2D eigenvalue weighted by atomic mass is 9.92. The van der Waals surface area contributed by atoms with Crippen molar-refractivity contribution in [2.24, 2.45) is 5.92 Å². The van der Waals surface area contributed by atoms with Gasteiger partial charge in [-0.2, -0.15) is 0 Å². The number of methoxy groups -OCH3 is 1. The van der Waals surface area contributed by atoms with Gasteiger partial charge in [0, 0.05) is 6.42 Å². The lowest BCUT2D eigenvalue weighted by Crippen LogP contribution is -2.22. The molecule has 0 aliphatic carbocycles. The molecule has 0 bridgehead atoms. The molecule has 0 aliphatic rings. The minimum Gasteiger partial charge on any atom is -0.504 e. The Morgan fingerprint density at radius 3 is 2.18 bits per heavy atom. The van der Waals surface area contributed by atoms with Crippen molar-refractivity contribution in [2.45, 2.75) is 26.1 Å². The number of alkyl halides is 3. The Morgan fingerprint density at radius 2 is 1.62 bits per heavy atom. The van der Waals surface area contributed by atoms with Crippen LogP contribution in [0.1, 0.15) is 29.5 Å². The van der Waals surface area contributed by atoms with Crippen LogP contribution in [-0.4, -0.2) is 36.1 Å². The number of allylic oxidation sites excluding steroid dienone is 2. The first-order valence-corrected chi connectivity index (χ1v) is 10.1. The molecular weight excluding hydrogens is 453 g/mol. The molecule has 9 heteroatoms. The lowest BCUT2D eigenvalue weighted by Gasteiger charge is -2.11. The van der Waals surface area contributed by atoms with Gasteiger partial charge in [0.25, 0.3) is 0 Å². The fourth-order valence-corrected chi connectivity index (χ4v) is 2.99. The van der Waals surface area contributed by atoms with Crippen molar-refractivity contribution in [3.05, 3.63) is 71.3 Å². The molecule has 0 radical (unpaired) electrons. The van der Waals surface area contributed by atoms with Crippen molar-refractivity contribution in [2.75, 3.05) is 7.11 Å². The number of phenolic OH excluding ortho intramolecular Hbond substituents is 1. The Balaban J connectivity index is 2.22. The summed E-state index contributed by atoms with van der Waals surface area (Å²) in [6, 6.07) is 10.5. The summed E-state index contributed by atoms with van der Waals surface area (Å²) in [7, 11) is 1.18. The number of rotatable bonds is 10. The van der Waals surface area contributed by atoms with Gasteiger partial charge in [0.1, 0.15) is 0 Å². The third-order valence-electron chi connectivity index (χ3n) is 4.68. The van der Waals surface area contributed by atoms with E-state index in [-0.39, 0.29) is 18.4 Å². The second kappa shape index (κ2) is 11.8. The highest BCUT2D eigenvalue weighted by molar-refractivity contribution is 6.13. The average Bonchev–Trinajstić information content (AvgIpc) is 2.77. The van der Waals surface area contributed by atoms with E-state index >= 15 is 0 Å². The largest absolute Gasteiger partial charge is 0.573 e. The molecule has 0 fully saturated rings. The Morgan fingerprint density at radius 1 is 1.00 bits per heavy atom. The molecule has 1 atom stereocenters. The molecule has 180 valence electrons. The van der Waals surface area contributed by atoms with Gasteiger partial charge in [-0.05, 0) is 48.8 Å². The topological polar surface area (TPSA) is 89.9 Å². The lowest BCUT2D eigenvalue weighted by molar-refractivity contribution is -0.275. The summed E-state index contributed by atoms with van der Waals surface area (Å²) in [6.07, 6.45) is -0.267. The van der Waals surface area contributed by atoms with E-state index in [0.29, 0.717) is 0 Å². The average molecular weight is 476 g/mol. The van der Waals surface area contributed by atoms with Gasteiger partial charge in [-0.1, -0.05) is 48.0 Å². The molecule has 2 aromatic rings. The van der Waals surface area contributed by atoms with Crippen molar-refractivity contribution in [1.82, 2.24) is 0 Å². The van der Waals surface area contributed by atoms with E-state index in [9.17, 15) is 32.7 Å². The van der Waals surface area contributed by atoms with Crippen molar-refractivity contribution < 1.29 is 42.1 Å². The highest BCUT2D eigenvalue weighted by Gasteiger charge is 2.32. The molecule has 0 aromatic heterocycles. The van der Waals surface area contributed by atoms with Gasteiger partial charge in [-0.25, -0.2) is 0 Å². The Bertz CT molecular complexity index is 1100. The number of carbonyl (C=O) groups is 3. The fraction of sp³-hybridized carbons (Fsp3) is 0.240. The van der Waals surface area contributed by atoms with E-state index in [2.05, 4.69) is 9.47 Å². The van der Waals surface area contributed by atoms with E-state index in [1.54, 1.807) is 12.1 Å². The number of ketones is 2. The molecule has 0 saturated heterocycles. The molecular formula is C25H23F3O6. The van der Waals surface area contributed by atoms with Crippen molar-refractivity contribution in [1.29, 1.82) is 0 Å². The van der Waals surface area contributed by atoms with Crippen molar-refractivity contribution >= 4 is 29.7 Å². The van der Waals surface area contributed by atoms with Crippen LogP contribution in [0.15, 0.2) is 54.6 Å². The number of hydrogen-bond donors (Lipinski definition) is 1. The molecule has 2 rings (SSSR count). The maximum atomic E-state index is 12.8. The third-order valence-corrected chi connectivity index (χ3v) is 4.68. The van der Waals surface area contributed by atoms with Gasteiger partial charge in [0.05, 0.1) is 13.0 Å². The Kier molecular flexibility index (Phi) is 9.18. The molecule has 1 N–H and O–H groups in total. The third kappa shape index (κ3) is 8.57. The number of ether oxygens (including phenoxy) is 2. The number of halogens is 3. The monoisotopic (exact) mass is 476 g/mol. The van der Waals surface area contributed by atoms with Gasteiger partial charge in [-0.15, -0.1) is 13.2 Å². The molecule has 0 saturated carbocycles. The van der Waals surface area contributed by atoms with Crippen LogP contribution in [0.3, 0.4) is 0 Å². The number of hydrogen-bond acceptors (Lipinski definition) is 6. The fourth-order valence-electron chi connectivity index (χ4n) is 2.99. The van der Waals surface area contributed by atoms with Crippen LogP contribution in [0.2, 0.25) is 0 Å². The van der Waals surface area contributed by atoms with E-state index in [0.717, 1.165) is 29.3 Å². The van der Waals surface area contributed by atoms with E-state index in [4.69, 9.17) is 0 Å². The SMILES string of the molecule is COC(=O)CCC(C(=O)/C=C/c1cccc(C)c1)C(=O)/C=C/c1ccc(O)c(OC(F)(F)F)c1. The highest BCUT2D eigenvalue weighted by Crippen LogP contribution is 2.32. The molecule has 6 nitrogen and oxygen atoms in total. The van der Waals surface area contributed by atoms with Crippen LogP contribution >= 0.6 is 0 Å². The summed E-state index contributed by atoms with van der Waals surface area (Å²) >= 11 is 0. The van der Waals surface area contributed by atoms with Crippen LogP contribution in [0.5, 0.6) is 11.5 Å². The molecule has 0 amide bonds. The number of aryl methyl sites for hydroxylation is 1. The highest BCUT2D eigenvalue weighted by atomic mass is 19.4. The summed E-state index contributed by atoms with van der Waals surface area (Å²) in [5.41, 5.74) is 1.86. The number of carbonyl (C=O) groups excluding carboxylic acids is 3. The molecule has 2 aromatic carbocycles. The second-order valence-corrected chi connectivity index (χ2v) is 7.33. The molecule has 34 heavy (non-hydrogen) atoms. The smallest absolute Gasteiger partial charge is 0.504 e. The normalized spacial score (nSPS) is 12.6. The molecule has 0 heterocycles. The summed E-state index contributed by atoms with van der Waals surface area (Å²) < 4.78 is 45.7. The zero-order valence-electron chi connectivity index (χ0n) is 18.5. The number of esters is 1. The minimum absolute atomic E-state index is 0.106. The van der Waals surface area contributed by atoms with Crippen LogP contribution in [0.25, 0.3) is 12.2 Å². The predicted octanol–water partition coefficient (Wildman–Crippen LogP) is 5.03. The summed E-state index contributed by atoms with van der Waals surface area (Å²) in [5, 5.41) is 9.54. The van der Waals surface area contributed by atoms with E-state index in [1.165, 1.54) is 25.3 Å². The van der Waals surface area contributed by atoms with Gasteiger partial charge in [0.15, 0.2) is 23.1 Å². The summed E-state index contributed by atoms with van der Waals surface area (Å²) in [4.78, 5) is 37.0. The Labute approximate surface area is 194 Å². The second-order valence-electron chi connectivity index (χ2n) is 7.33. The van der Waals surface area contributed by atoms with E-state index in [1.807, 2.05) is 25.1 Å². The van der Waals surface area contributed by atoms with Crippen LogP contribution in [0, 0.1) is 12.8 Å². The first kappa shape index (κ1) is 26.4. The minimum atomic E-state index is -5.01. The first-order chi connectivity index (χ1) is 16.0. The number of aromatic hydroxyl groups is 1. The summed E-state index contributed by atoms with van der Waals surface area (Å²) in [5.74, 6) is -4.53. The maximum absolute atomic E-state index is 12.8. The van der Waals surface area contributed by atoms with Crippen molar-refractivity contribution in [3.63, 3.8) is 0 Å². The quantitative estimate of drug-likeness (QED) is 0.294. The summed E-state index contributed by atoms with van der Waals surface area (Å²) in [6.45, 7) is 1.89. The first-order valence-electron chi connectivity index (χ1n) is 10.1. The van der Waals surface area contributed by atoms with Gasteiger partial charge in [-0.3, -0.25) is 14.4 Å². The van der Waals surface area contributed by atoms with Gasteiger partial charge in [0.2, 0.25) is 0 Å². The van der Waals surface area contributed by atoms with Crippen LogP contribution in [0.4, 0.5) is 13.2 Å². The molecule has 1 unspecified atom stereocenters. The number of benzene rings is 2. The zero-order valence-corrected chi connectivity index (χ0v) is 18.5. The van der Waals surface area contributed by atoms with Crippen LogP contribution < -0.4 is 4.74 Å². The number of phenols is 1. The van der Waals surface area contributed by atoms with Gasteiger partial charge >= 0.3 is 12.3 Å². The molecule has 0 spiro atoms.